The van der Waals surface area contributed by atoms with Crippen molar-refractivity contribution in [3.05, 3.63) is 83.9 Å². The number of fused-ring (bicyclic) bond motifs is 2. The Morgan fingerprint density at radius 1 is 0.588 bits per heavy atom. The van der Waals surface area contributed by atoms with Crippen LogP contribution in [0, 0.1) is 0 Å². The smallest absolute Gasteiger partial charge is 0.310 e. The third-order valence-electron chi connectivity index (χ3n) is 5.88. The molecule has 0 heterocycles. The number of carboxylic acids is 2. The zero-order valence-electron chi connectivity index (χ0n) is 19.6. The van der Waals surface area contributed by atoms with Crippen LogP contribution in [0.15, 0.2) is 72.8 Å². The standard InChI is InChI=1S/2C14H14O3/c2*1-9(14(15)16)10-3-4-12-8-13(17-2)6-5-11(12)7-10/h2*3-9H,1-2H3,(H,15,16). The summed E-state index contributed by atoms with van der Waals surface area (Å²) in [5.74, 6) is -0.980. The van der Waals surface area contributed by atoms with E-state index in [0.717, 1.165) is 44.2 Å². The van der Waals surface area contributed by atoms with Crippen molar-refractivity contribution in [3.63, 3.8) is 0 Å². The Morgan fingerprint density at radius 3 is 1.24 bits per heavy atom. The second-order valence-corrected chi connectivity index (χ2v) is 8.06. The first-order valence-corrected chi connectivity index (χ1v) is 10.8. The topological polar surface area (TPSA) is 93.1 Å². The van der Waals surface area contributed by atoms with Gasteiger partial charge in [0.2, 0.25) is 0 Å². The van der Waals surface area contributed by atoms with Gasteiger partial charge in [-0.15, -0.1) is 0 Å². The van der Waals surface area contributed by atoms with Crippen LogP contribution in [-0.4, -0.2) is 36.4 Å². The van der Waals surface area contributed by atoms with Crippen LogP contribution < -0.4 is 9.47 Å². The zero-order chi connectivity index (χ0) is 24.8. The van der Waals surface area contributed by atoms with Crippen LogP contribution in [0.25, 0.3) is 21.5 Å². The summed E-state index contributed by atoms with van der Waals surface area (Å²) in [6.07, 6.45) is 0. The minimum absolute atomic E-state index is 0.485. The van der Waals surface area contributed by atoms with E-state index in [1.807, 2.05) is 72.8 Å². The Balaban J connectivity index is 0.000000191. The molecule has 0 bridgehead atoms. The molecule has 34 heavy (non-hydrogen) atoms. The van der Waals surface area contributed by atoms with Gasteiger partial charge in [-0.3, -0.25) is 9.59 Å². The predicted molar refractivity (Wildman–Crippen MR) is 133 cm³/mol. The normalized spacial score (nSPS) is 12.4. The van der Waals surface area contributed by atoms with E-state index in [1.54, 1.807) is 28.1 Å². The molecule has 0 aliphatic heterocycles. The Hall–Kier alpha value is -4.06. The first kappa shape index (κ1) is 24.6. The number of hydrogen-bond donors (Lipinski definition) is 2. The lowest BCUT2D eigenvalue weighted by atomic mass is 9.98. The number of ether oxygens (including phenoxy) is 2. The lowest BCUT2D eigenvalue weighted by Crippen LogP contribution is -2.06. The minimum atomic E-state index is -0.808. The van der Waals surface area contributed by atoms with Gasteiger partial charge in [-0.05, 0) is 70.8 Å². The van der Waals surface area contributed by atoms with E-state index in [0.29, 0.717) is 0 Å². The van der Waals surface area contributed by atoms with Gasteiger partial charge in [0.15, 0.2) is 0 Å². The van der Waals surface area contributed by atoms with Crippen LogP contribution in [0.2, 0.25) is 0 Å². The van der Waals surface area contributed by atoms with Gasteiger partial charge in [0.05, 0.1) is 26.1 Å². The number of rotatable bonds is 6. The lowest BCUT2D eigenvalue weighted by Gasteiger charge is -2.08. The Bertz CT molecular complexity index is 1220. The second-order valence-electron chi connectivity index (χ2n) is 8.06. The van der Waals surface area contributed by atoms with E-state index in [4.69, 9.17) is 19.7 Å². The Labute approximate surface area is 198 Å². The van der Waals surface area contributed by atoms with Gasteiger partial charge in [0.25, 0.3) is 0 Å². The fraction of sp³-hybridized carbons (Fsp3) is 0.214. The fourth-order valence-corrected chi connectivity index (χ4v) is 3.56. The van der Waals surface area contributed by atoms with E-state index < -0.39 is 23.8 Å². The van der Waals surface area contributed by atoms with E-state index >= 15 is 0 Å². The average Bonchev–Trinajstić information content (AvgIpc) is 2.86. The maximum absolute atomic E-state index is 10.9. The quantitative estimate of drug-likeness (QED) is 0.363. The van der Waals surface area contributed by atoms with Crippen molar-refractivity contribution in [3.8, 4) is 11.5 Å². The largest absolute Gasteiger partial charge is 0.497 e. The molecule has 0 saturated heterocycles. The number of carboxylic acid groups (broad SMARTS) is 2. The van der Waals surface area contributed by atoms with Crippen molar-refractivity contribution in [2.75, 3.05) is 14.2 Å². The highest BCUT2D eigenvalue weighted by Gasteiger charge is 2.14. The highest BCUT2D eigenvalue weighted by molar-refractivity contribution is 5.87. The number of carbonyl (C=O) groups is 2. The van der Waals surface area contributed by atoms with Crippen LogP contribution in [-0.2, 0) is 9.59 Å². The summed E-state index contributed by atoms with van der Waals surface area (Å²) in [7, 11) is 3.25. The summed E-state index contributed by atoms with van der Waals surface area (Å²) < 4.78 is 10.3. The van der Waals surface area contributed by atoms with Crippen molar-refractivity contribution in [2.24, 2.45) is 0 Å². The van der Waals surface area contributed by atoms with Crippen molar-refractivity contribution < 1.29 is 29.3 Å². The van der Waals surface area contributed by atoms with Crippen molar-refractivity contribution in [1.29, 1.82) is 0 Å². The maximum atomic E-state index is 10.9. The van der Waals surface area contributed by atoms with Crippen molar-refractivity contribution in [1.82, 2.24) is 0 Å². The molecule has 0 aliphatic carbocycles. The van der Waals surface area contributed by atoms with Gasteiger partial charge < -0.3 is 19.7 Å². The molecule has 0 amide bonds. The number of hydrogen-bond acceptors (Lipinski definition) is 4. The second kappa shape index (κ2) is 10.7. The van der Waals surface area contributed by atoms with Crippen molar-refractivity contribution >= 4 is 33.5 Å². The molecule has 6 heteroatoms. The zero-order valence-corrected chi connectivity index (χ0v) is 19.6. The molecule has 0 saturated carbocycles. The SMILES string of the molecule is COc1ccc2cc(C(C)C(=O)O)ccc2c1.COc1ccc2cc(C(C)C(=O)O)ccc2c1. The van der Waals surface area contributed by atoms with E-state index in [2.05, 4.69) is 0 Å². The van der Waals surface area contributed by atoms with E-state index in [-0.39, 0.29) is 0 Å². The average molecular weight is 461 g/mol. The highest BCUT2D eigenvalue weighted by Crippen LogP contribution is 2.26. The summed E-state index contributed by atoms with van der Waals surface area (Å²) in [5, 5.41) is 22.1. The number of benzene rings is 4. The molecule has 2 unspecified atom stereocenters. The summed E-state index contributed by atoms with van der Waals surface area (Å²) >= 11 is 0. The number of aliphatic carboxylic acids is 2. The molecule has 0 aromatic heterocycles. The first-order chi connectivity index (χ1) is 16.2. The van der Waals surface area contributed by atoms with Gasteiger partial charge in [0, 0.05) is 0 Å². The van der Waals surface area contributed by atoms with Crippen LogP contribution in [0.1, 0.15) is 36.8 Å². The molecule has 4 aromatic carbocycles. The van der Waals surface area contributed by atoms with E-state index in [1.165, 1.54) is 0 Å². The molecule has 0 radical (unpaired) electrons. The molecule has 0 spiro atoms. The fourth-order valence-electron chi connectivity index (χ4n) is 3.56. The van der Waals surface area contributed by atoms with Crippen LogP contribution in [0.5, 0.6) is 11.5 Å². The molecular formula is C28H28O6. The molecule has 0 fully saturated rings. The van der Waals surface area contributed by atoms with Crippen molar-refractivity contribution in [2.45, 2.75) is 25.7 Å². The molecule has 4 rings (SSSR count). The third kappa shape index (κ3) is 5.64. The minimum Gasteiger partial charge on any atom is -0.497 e. The van der Waals surface area contributed by atoms with Crippen LogP contribution in [0.3, 0.4) is 0 Å². The Kier molecular flexibility index (Phi) is 7.74. The summed E-state index contributed by atoms with van der Waals surface area (Å²) in [6.45, 7) is 3.38. The lowest BCUT2D eigenvalue weighted by molar-refractivity contribution is -0.139. The third-order valence-corrected chi connectivity index (χ3v) is 5.88. The summed E-state index contributed by atoms with van der Waals surface area (Å²) in [6, 6.07) is 22.9. The summed E-state index contributed by atoms with van der Waals surface area (Å²) in [4.78, 5) is 21.8. The van der Waals surface area contributed by atoms with E-state index in [9.17, 15) is 9.59 Å². The molecule has 0 aliphatic rings. The van der Waals surface area contributed by atoms with Gasteiger partial charge >= 0.3 is 11.9 Å². The first-order valence-electron chi connectivity index (χ1n) is 10.8. The molecule has 2 atom stereocenters. The van der Waals surface area contributed by atoms with Gasteiger partial charge in [-0.25, -0.2) is 0 Å². The predicted octanol–water partition coefficient (Wildman–Crippen LogP) is 6.07. The van der Waals surface area contributed by atoms with Gasteiger partial charge in [-0.1, -0.05) is 48.5 Å². The van der Waals surface area contributed by atoms with Crippen LogP contribution >= 0.6 is 0 Å². The van der Waals surface area contributed by atoms with Gasteiger partial charge in [0.1, 0.15) is 11.5 Å². The van der Waals surface area contributed by atoms with Crippen LogP contribution in [0.4, 0.5) is 0 Å². The van der Waals surface area contributed by atoms with Gasteiger partial charge in [-0.2, -0.15) is 0 Å². The monoisotopic (exact) mass is 460 g/mol. The number of methoxy groups -OCH3 is 2. The highest BCUT2D eigenvalue weighted by atomic mass is 16.5. The molecule has 4 aromatic rings. The molecule has 2 N–H and O–H groups in total. The molecule has 176 valence electrons. The Morgan fingerprint density at radius 2 is 0.912 bits per heavy atom. The summed E-state index contributed by atoms with van der Waals surface area (Å²) in [5.41, 5.74) is 1.63. The maximum Gasteiger partial charge on any atom is 0.310 e. The molecular weight excluding hydrogens is 432 g/mol. The molecule has 6 nitrogen and oxygen atoms in total.